The fourth-order valence-corrected chi connectivity index (χ4v) is 2.97. The maximum absolute atomic E-state index is 10.5. The molecule has 0 saturated heterocycles. The van der Waals surface area contributed by atoms with E-state index < -0.39 is 9.33 Å². The van der Waals surface area contributed by atoms with Crippen LogP contribution >= 0.6 is 23.3 Å². The normalized spacial score (nSPS) is 11.9. The van der Waals surface area contributed by atoms with Gasteiger partial charge in [-0.3, -0.25) is 4.18 Å². The lowest BCUT2D eigenvalue weighted by Crippen LogP contribution is -2.12. The van der Waals surface area contributed by atoms with E-state index in [1.54, 1.807) is 0 Å². The Labute approximate surface area is 169 Å². The van der Waals surface area contributed by atoms with Gasteiger partial charge < -0.3 is 14.2 Å². The van der Waals surface area contributed by atoms with Crippen LogP contribution in [0.4, 0.5) is 0 Å². The largest absolute Gasteiger partial charge is 0.379 e. The van der Waals surface area contributed by atoms with Crippen molar-refractivity contribution in [3.8, 4) is 0 Å². The number of unbranched alkanes of at least 4 members (excludes halogenated alkanes) is 8. The minimum Gasteiger partial charge on any atom is -0.379 e. The van der Waals surface area contributed by atoms with Crippen molar-refractivity contribution in [1.29, 1.82) is 0 Å². The first kappa shape index (κ1) is 26.4. The molecule has 0 aliphatic rings. The van der Waals surface area contributed by atoms with Crippen LogP contribution in [-0.2, 0) is 27.7 Å². The van der Waals surface area contributed by atoms with Crippen molar-refractivity contribution >= 4 is 32.6 Å². The van der Waals surface area contributed by atoms with Crippen LogP contribution in [0, 0.1) is 0 Å². The van der Waals surface area contributed by atoms with Crippen molar-refractivity contribution in [3.05, 3.63) is 0 Å². The Bertz CT molecular complexity index is 381. The van der Waals surface area contributed by atoms with Crippen LogP contribution in [0.15, 0.2) is 0 Å². The number of thiol groups is 1. The second-order valence-corrected chi connectivity index (χ2v) is 8.56. The third kappa shape index (κ3) is 24.4. The summed E-state index contributed by atoms with van der Waals surface area (Å²) in [4.78, 5) is 0. The molecule has 0 unspecified atom stereocenters. The van der Waals surface area contributed by atoms with E-state index in [4.69, 9.17) is 24.9 Å². The van der Waals surface area contributed by atoms with Crippen molar-refractivity contribution < 1.29 is 26.8 Å². The first-order valence-electron chi connectivity index (χ1n) is 9.49. The van der Waals surface area contributed by atoms with Crippen LogP contribution in [0.5, 0.6) is 0 Å². The number of rotatable bonds is 21. The highest BCUT2D eigenvalue weighted by Gasteiger charge is 2.03. The summed E-state index contributed by atoms with van der Waals surface area (Å²) >= 11 is 4.22. The number of hydrogen-bond donors (Lipinski definition) is 1. The van der Waals surface area contributed by atoms with Gasteiger partial charge in [0.25, 0.3) is 0 Å². The molecular weight excluding hydrogens is 400 g/mol. The van der Waals surface area contributed by atoms with Crippen molar-refractivity contribution in [2.24, 2.45) is 0 Å². The van der Waals surface area contributed by atoms with Crippen LogP contribution in [0.3, 0.4) is 0 Å². The first-order chi connectivity index (χ1) is 12.6. The van der Waals surface area contributed by atoms with Crippen LogP contribution < -0.4 is 0 Å². The molecule has 0 rings (SSSR count). The van der Waals surface area contributed by atoms with E-state index in [0.717, 1.165) is 18.8 Å². The summed E-state index contributed by atoms with van der Waals surface area (Å²) in [6.07, 6.45) is 11.5. The molecule has 0 bridgehead atoms. The van der Waals surface area contributed by atoms with E-state index in [9.17, 15) is 8.42 Å². The quantitative estimate of drug-likeness (QED) is 0.167. The lowest BCUT2D eigenvalue weighted by Gasteiger charge is -2.07. The lowest BCUT2D eigenvalue weighted by atomic mass is 10.1. The molecule has 0 aromatic carbocycles. The van der Waals surface area contributed by atoms with E-state index in [1.807, 2.05) is 0 Å². The predicted molar refractivity (Wildman–Crippen MR) is 109 cm³/mol. The standard InChI is InChI=1S/C17H35ClO6S2/c18-26(19,20)24-16-15-23-14-13-22-12-11-21-10-8-6-4-2-1-3-5-7-9-17-25/h25H,1-17H2. The highest BCUT2D eigenvalue weighted by molar-refractivity contribution is 8.09. The van der Waals surface area contributed by atoms with Gasteiger partial charge in [0.2, 0.25) is 0 Å². The number of hydrogen-bond acceptors (Lipinski definition) is 7. The van der Waals surface area contributed by atoms with E-state index >= 15 is 0 Å². The summed E-state index contributed by atoms with van der Waals surface area (Å²) in [7, 11) is 0.967. The molecular formula is C17H35ClO6S2. The van der Waals surface area contributed by atoms with Gasteiger partial charge in [-0.2, -0.15) is 21.0 Å². The molecule has 6 nitrogen and oxygen atoms in total. The molecule has 0 aromatic rings. The van der Waals surface area contributed by atoms with E-state index in [1.165, 1.54) is 51.4 Å². The Balaban J connectivity index is 3.03. The SMILES string of the molecule is O=S(=O)(Cl)OCCOCCOCCOCCCCCCCCCCCS. The predicted octanol–water partition coefficient (Wildman–Crippen LogP) is 3.98. The van der Waals surface area contributed by atoms with Crippen molar-refractivity contribution in [2.75, 3.05) is 52.0 Å². The fraction of sp³-hybridized carbons (Fsp3) is 1.00. The van der Waals surface area contributed by atoms with Gasteiger partial charge in [-0.05, 0) is 18.6 Å². The van der Waals surface area contributed by atoms with Crippen LogP contribution in [0.25, 0.3) is 0 Å². The summed E-state index contributed by atoms with van der Waals surface area (Å²) in [5, 5.41) is 0. The van der Waals surface area contributed by atoms with Crippen molar-refractivity contribution in [2.45, 2.75) is 57.8 Å². The summed E-state index contributed by atoms with van der Waals surface area (Å²) in [6, 6.07) is 0. The monoisotopic (exact) mass is 434 g/mol. The highest BCUT2D eigenvalue weighted by atomic mass is 35.7. The minimum atomic E-state index is -3.91. The average molecular weight is 435 g/mol. The summed E-state index contributed by atoms with van der Waals surface area (Å²) in [6.45, 7) is 2.77. The first-order valence-corrected chi connectivity index (χ1v) is 12.4. The Morgan fingerprint density at radius 1 is 0.577 bits per heavy atom. The molecule has 0 aliphatic heterocycles. The van der Waals surface area contributed by atoms with Gasteiger partial charge in [-0.1, -0.05) is 44.9 Å². The highest BCUT2D eigenvalue weighted by Crippen LogP contribution is 2.10. The van der Waals surface area contributed by atoms with Gasteiger partial charge in [0.1, 0.15) is 0 Å². The molecule has 0 heterocycles. The molecule has 0 fully saturated rings. The molecule has 0 spiro atoms. The zero-order valence-electron chi connectivity index (χ0n) is 15.7. The lowest BCUT2D eigenvalue weighted by molar-refractivity contribution is 0.00927. The van der Waals surface area contributed by atoms with E-state index in [2.05, 4.69) is 16.8 Å². The second kappa shape index (κ2) is 20.2. The topological polar surface area (TPSA) is 71.1 Å². The molecule has 0 N–H and O–H groups in total. The van der Waals surface area contributed by atoms with Gasteiger partial charge in [0.15, 0.2) is 0 Å². The Morgan fingerprint density at radius 3 is 1.42 bits per heavy atom. The van der Waals surface area contributed by atoms with Gasteiger partial charge in [-0.25, -0.2) is 0 Å². The maximum Gasteiger partial charge on any atom is 0.355 e. The maximum atomic E-state index is 10.5. The molecule has 158 valence electrons. The third-order valence-corrected chi connectivity index (χ3v) is 4.67. The van der Waals surface area contributed by atoms with Crippen molar-refractivity contribution in [1.82, 2.24) is 0 Å². The molecule has 0 atom stereocenters. The molecule has 0 amide bonds. The molecule has 9 heteroatoms. The third-order valence-electron chi connectivity index (χ3n) is 3.64. The smallest absolute Gasteiger partial charge is 0.355 e. The fourth-order valence-electron chi connectivity index (χ4n) is 2.29. The summed E-state index contributed by atoms with van der Waals surface area (Å²) in [5.41, 5.74) is 0. The average Bonchev–Trinajstić information content (AvgIpc) is 2.59. The Morgan fingerprint density at radius 2 is 0.962 bits per heavy atom. The second-order valence-electron chi connectivity index (χ2n) is 5.96. The van der Waals surface area contributed by atoms with Gasteiger partial charge in [0, 0.05) is 17.3 Å². The van der Waals surface area contributed by atoms with Crippen LogP contribution in [0.1, 0.15) is 57.8 Å². The minimum absolute atomic E-state index is 0.0923. The van der Waals surface area contributed by atoms with Crippen molar-refractivity contribution in [3.63, 3.8) is 0 Å². The van der Waals surface area contributed by atoms with Crippen LogP contribution in [-0.4, -0.2) is 60.4 Å². The number of ether oxygens (including phenoxy) is 3. The molecule has 0 aliphatic carbocycles. The van der Waals surface area contributed by atoms with E-state index in [0.29, 0.717) is 26.4 Å². The molecule has 0 radical (unpaired) electrons. The van der Waals surface area contributed by atoms with Gasteiger partial charge in [0.05, 0.1) is 39.6 Å². The Hall–Kier alpha value is 0.430. The summed E-state index contributed by atoms with van der Waals surface area (Å²) < 4.78 is 41.2. The summed E-state index contributed by atoms with van der Waals surface area (Å²) in [5.74, 6) is 1.01. The van der Waals surface area contributed by atoms with Crippen LogP contribution in [0.2, 0.25) is 0 Å². The van der Waals surface area contributed by atoms with Gasteiger partial charge in [-0.15, -0.1) is 0 Å². The molecule has 0 aromatic heterocycles. The zero-order valence-corrected chi connectivity index (χ0v) is 18.2. The van der Waals surface area contributed by atoms with E-state index in [-0.39, 0.29) is 13.2 Å². The molecule has 0 saturated carbocycles. The van der Waals surface area contributed by atoms with Gasteiger partial charge >= 0.3 is 9.33 Å². The number of halogens is 1. The zero-order chi connectivity index (χ0) is 19.3. The Kier molecular flexibility index (Phi) is 20.5. The molecule has 26 heavy (non-hydrogen) atoms.